The van der Waals surface area contributed by atoms with Gasteiger partial charge >= 0.3 is 0 Å². The maximum absolute atomic E-state index is 15.0. The number of imide groups is 2. The normalized spacial score (nSPS) is 22.9. The van der Waals surface area contributed by atoms with E-state index < -0.39 is 29.7 Å². The summed E-state index contributed by atoms with van der Waals surface area (Å²) < 4.78 is 20.4. The van der Waals surface area contributed by atoms with E-state index in [1.807, 2.05) is 6.07 Å². The van der Waals surface area contributed by atoms with E-state index in [1.54, 1.807) is 30.3 Å². The second-order valence-electron chi connectivity index (χ2n) is 10.7. The third-order valence-corrected chi connectivity index (χ3v) is 8.08. The first-order valence-electron chi connectivity index (χ1n) is 12.7. The summed E-state index contributed by atoms with van der Waals surface area (Å²) in [6, 6.07) is 9.36. The maximum Gasteiger partial charge on any atom is 0.262 e. The average molecular weight is 506 g/mol. The van der Waals surface area contributed by atoms with Crippen molar-refractivity contribution in [3.05, 3.63) is 70.0 Å². The average Bonchev–Trinajstić information content (AvgIpc) is 3.39. The summed E-state index contributed by atoms with van der Waals surface area (Å²) in [7, 11) is 0. The maximum atomic E-state index is 15.0. The number of aryl methyl sites for hydroxylation is 2. The van der Waals surface area contributed by atoms with Crippen LogP contribution >= 0.6 is 0 Å². The van der Waals surface area contributed by atoms with Gasteiger partial charge in [0.25, 0.3) is 11.8 Å². The molecule has 3 fully saturated rings. The number of rotatable bonds is 6. The Bertz CT molecular complexity index is 1320. The first kappa shape index (κ1) is 23.9. The van der Waals surface area contributed by atoms with Crippen LogP contribution in [-0.4, -0.2) is 65.8 Å². The van der Waals surface area contributed by atoms with E-state index in [-0.39, 0.29) is 29.8 Å². The Morgan fingerprint density at radius 1 is 1.03 bits per heavy atom. The molecule has 4 aliphatic heterocycles. The molecule has 3 saturated heterocycles. The number of hydrogen-bond acceptors (Lipinski definition) is 6. The molecule has 2 aromatic rings. The molecule has 1 spiro atoms. The fraction of sp³-hybridized carbons (Fsp3) is 0.429. The molecule has 0 bridgehead atoms. The summed E-state index contributed by atoms with van der Waals surface area (Å²) in [6.07, 6.45) is 2.04. The number of carbonyl (C=O) groups excluding carboxylic acids is 4. The minimum atomic E-state index is -1.01. The highest BCUT2D eigenvalue weighted by Crippen LogP contribution is 2.38. The Kier molecular flexibility index (Phi) is 5.92. The van der Waals surface area contributed by atoms with E-state index in [1.165, 1.54) is 0 Å². The van der Waals surface area contributed by atoms with Crippen molar-refractivity contribution in [2.75, 3.05) is 26.3 Å². The van der Waals surface area contributed by atoms with Gasteiger partial charge in [-0.2, -0.15) is 0 Å². The molecule has 0 radical (unpaired) electrons. The molecule has 4 heterocycles. The van der Waals surface area contributed by atoms with Gasteiger partial charge in [0.1, 0.15) is 11.9 Å². The minimum Gasteiger partial charge on any atom is -0.380 e. The smallest absolute Gasteiger partial charge is 0.262 e. The first-order chi connectivity index (χ1) is 17.8. The Hall–Kier alpha value is -3.43. The van der Waals surface area contributed by atoms with Gasteiger partial charge in [-0.1, -0.05) is 24.3 Å². The van der Waals surface area contributed by atoms with E-state index >= 15 is 4.39 Å². The van der Waals surface area contributed by atoms with Gasteiger partial charge in [-0.15, -0.1) is 0 Å². The second kappa shape index (κ2) is 9.15. The van der Waals surface area contributed by atoms with Crippen LogP contribution in [0.25, 0.3) is 0 Å². The largest absolute Gasteiger partial charge is 0.380 e. The van der Waals surface area contributed by atoms with Crippen LogP contribution in [0.1, 0.15) is 56.7 Å². The van der Waals surface area contributed by atoms with Crippen molar-refractivity contribution < 1.29 is 28.3 Å². The first-order valence-corrected chi connectivity index (χ1v) is 12.7. The topological polar surface area (TPSA) is 96.0 Å². The quantitative estimate of drug-likeness (QED) is 0.605. The fourth-order valence-electron chi connectivity index (χ4n) is 6.00. The lowest BCUT2D eigenvalue weighted by atomic mass is 9.85. The van der Waals surface area contributed by atoms with Crippen LogP contribution in [0.2, 0.25) is 0 Å². The molecule has 37 heavy (non-hydrogen) atoms. The zero-order valence-corrected chi connectivity index (χ0v) is 20.4. The van der Waals surface area contributed by atoms with Gasteiger partial charge in [0.15, 0.2) is 0 Å². The molecule has 2 aromatic carbocycles. The highest BCUT2D eigenvalue weighted by atomic mass is 19.1. The summed E-state index contributed by atoms with van der Waals surface area (Å²) in [4.78, 5) is 53.4. The number of hydrogen-bond donors (Lipinski definition) is 1. The van der Waals surface area contributed by atoms with Crippen LogP contribution in [0.5, 0.6) is 0 Å². The predicted molar refractivity (Wildman–Crippen MR) is 130 cm³/mol. The summed E-state index contributed by atoms with van der Waals surface area (Å²) in [5, 5.41) is 2.20. The second-order valence-corrected chi connectivity index (χ2v) is 10.7. The van der Waals surface area contributed by atoms with E-state index in [0.717, 1.165) is 43.2 Å². The summed E-state index contributed by atoms with van der Waals surface area (Å²) in [6.45, 7) is 4.32. The summed E-state index contributed by atoms with van der Waals surface area (Å²) in [5.74, 6) is -2.41. The minimum absolute atomic E-state index is 0.0684. The van der Waals surface area contributed by atoms with Gasteiger partial charge in [-0.05, 0) is 61.1 Å². The highest BCUT2D eigenvalue weighted by Gasteiger charge is 2.46. The number of likely N-dealkylation sites (tertiary alicyclic amines) is 1. The van der Waals surface area contributed by atoms with E-state index in [9.17, 15) is 19.2 Å². The summed E-state index contributed by atoms with van der Waals surface area (Å²) >= 11 is 0. The lowest BCUT2D eigenvalue weighted by Gasteiger charge is -2.37. The number of amides is 4. The van der Waals surface area contributed by atoms with E-state index in [0.29, 0.717) is 35.9 Å². The molecule has 1 atom stereocenters. The van der Waals surface area contributed by atoms with E-state index in [4.69, 9.17) is 4.74 Å². The standard InChI is InChI=1S/C28H28FN3O5/c29-21-12-17(13-31-11-10-28(14-31)15-37-16-28)4-5-18(21)6-7-19-2-1-3-20-24(19)27(36)32(26(20)35)22-8-9-23(33)30-25(22)34/h1-5,12,22H,6-11,13-16H2,(H,30,33,34). The lowest BCUT2D eigenvalue weighted by Crippen LogP contribution is -2.54. The number of nitrogens with one attached hydrogen (secondary N) is 1. The molecular weight excluding hydrogens is 477 g/mol. The molecule has 4 amide bonds. The number of ether oxygens (including phenoxy) is 1. The van der Waals surface area contributed by atoms with Crippen molar-refractivity contribution in [3.63, 3.8) is 0 Å². The zero-order chi connectivity index (χ0) is 25.7. The monoisotopic (exact) mass is 505 g/mol. The van der Waals surface area contributed by atoms with Crippen molar-refractivity contribution in [2.45, 2.75) is 44.7 Å². The molecule has 1 N–H and O–H groups in total. The number of nitrogens with zero attached hydrogens (tertiary/aromatic N) is 2. The van der Waals surface area contributed by atoms with Crippen LogP contribution in [0.15, 0.2) is 36.4 Å². The molecule has 0 aromatic heterocycles. The van der Waals surface area contributed by atoms with Crippen LogP contribution in [0.3, 0.4) is 0 Å². The number of piperidine rings is 1. The molecule has 1 unspecified atom stereocenters. The van der Waals surface area contributed by atoms with Crippen molar-refractivity contribution in [3.8, 4) is 0 Å². The number of carbonyl (C=O) groups is 4. The molecule has 6 rings (SSSR count). The third kappa shape index (κ3) is 4.26. The highest BCUT2D eigenvalue weighted by molar-refractivity contribution is 6.24. The van der Waals surface area contributed by atoms with Gasteiger partial charge in [0.05, 0.1) is 24.3 Å². The molecule has 0 aliphatic carbocycles. The SMILES string of the molecule is O=C1CCC(N2C(=O)c3cccc(CCc4ccc(CN5CCC6(COC6)C5)cc4F)c3C2=O)C(=O)N1. The third-order valence-electron chi connectivity index (χ3n) is 8.08. The van der Waals surface area contributed by atoms with Gasteiger partial charge in [-0.3, -0.25) is 34.3 Å². The van der Waals surface area contributed by atoms with Crippen molar-refractivity contribution in [1.29, 1.82) is 0 Å². The lowest BCUT2D eigenvalue weighted by molar-refractivity contribution is -0.136. The van der Waals surface area contributed by atoms with Crippen LogP contribution in [-0.2, 0) is 33.7 Å². The van der Waals surface area contributed by atoms with Gasteiger partial charge in [0.2, 0.25) is 11.8 Å². The Morgan fingerprint density at radius 3 is 2.54 bits per heavy atom. The zero-order valence-electron chi connectivity index (χ0n) is 20.4. The predicted octanol–water partition coefficient (Wildman–Crippen LogP) is 2.23. The van der Waals surface area contributed by atoms with Crippen LogP contribution < -0.4 is 5.32 Å². The van der Waals surface area contributed by atoms with Crippen molar-refractivity contribution in [2.24, 2.45) is 5.41 Å². The molecule has 0 saturated carbocycles. The van der Waals surface area contributed by atoms with Gasteiger partial charge < -0.3 is 4.74 Å². The van der Waals surface area contributed by atoms with Crippen LogP contribution in [0.4, 0.5) is 4.39 Å². The molecule has 9 heteroatoms. The van der Waals surface area contributed by atoms with Crippen molar-refractivity contribution in [1.82, 2.24) is 15.1 Å². The van der Waals surface area contributed by atoms with Crippen LogP contribution in [0, 0.1) is 11.2 Å². The summed E-state index contributed by atoms with van der Waals surface area (Å²) in [5.41, 5.74) is 2.91. The molecule has 4 aliphatic rings. The molecule has 8 nitrogen and oxygen atoms in total. The molecular formula is C28H28FN3O5. The molecule has 192 valence electrons. The van der Waals surface area contributed by atoms with Gasteiger partial charge in [0, 0.05) is 24.9 Å². The van der Waals surface area contributed by atoms with Crippen molar-refractivity contribution >= 4 is 23.6 Å². The number of fused-ring (bicyclic) bond motifs is 1. The Morgan fingerprint density at radius 2 is 1.84 bits per heavy atom. The van der Waals surface area contributed by atoms with Gasteiger partial charge in [-0.25, -0.2) is 4.39 Å². The number of benzene rings is 2. The fourth-order valence-corrected chi connectivity index (χ4v) is 6.00. The van der Waals surface area contributed by atoms with E-state index in [2.05, 4.69) is 10.2 Å². The number of halogens is 1. The Balaban J connectivity index is 1.14. The Labute approximate surface area is 213 Å².